The zero-order chi connectivity index (χ0) is 37.3. The Morgan fingerprint density at radius 3 is 2.46 bits per heavy atom. The van der Waals surface area contributed by atoms with Gasteiger partial charge in [0.1, 0.15) is 23.6 Å². The number of amides is 4. The normalized spacial score (nSPS) is 15.2. The molecule has 1 saturated heterocycles. The first-order valence-corrected chi connectivity index (χ1v) is 17.1. The topological polar surface area (TPSA) is 146 Å². The van der Waals surface area contributed by atoms with Crippen LogP contribution in [0.15, 0.2) is 48.8 Å². The zero-order valence-corrected chi connectivity index (χ0v) is 30.2. The molecule has 6 rings (SSSR count). The molecule has 14 nitrogen and oxygen atoms in total. The van der Waals surface area contributed by atoms with Crippen molar-refractivity contribution in [1.29, 1.82) is 0 Å². The lowest BCUT2D eigenvalue weighted by atomic mass is 9.92. The van der Waals surface area contributed by atoms with E-state index in [0.717, 1.165) is 0 Å². The lowest BCUT2D eigenvalue weighted by molar-refractivity contribution is -0.131. The summed E-state index contributed by atoms with van der Waals surface area (Å²) < 4.78 is 29.5. The van der Waals surface area contributed by atoms with Crippen LogP contribution in [-0.2, 0) is 20.9 Å². The fraction of sp³-hybridized carbons (Fsp3) is 0.405. The van der Waals surface area contributed by atoms with Gasteiger partial charge in [-0.15, -0.1) is 5.10 Å². The largest absolute Gasteiger partial charge is 0.496 e. The Morgan fingerprint density at radius 1 is 1.00 bits per heavy atom. The molecule has 1 fully saturated rings. The number of H-pyrrole nitrogens is 1. The van der Waals surface area contributed by atoms with E-state index in [2.05, 4.69) is 15.3 Å². The fourth-order valence-electron chi connectivity index (χ4n) is 6.44. The molecule has 2 aromatic heterocycles. The Bertz CT molecular complexity index is 2050. The van der Waals surface area contributed by atoms with E-state index >= 15 is 4.39 Å². The average Bonchev–Trinajstić information content (AvgIpc) is 3.81. The molecule has 4 amide bonds. The molecular formula is C37H43FN8O6. The van der Waals surface area contributed by atoms with Crippen molar-refractivity contribution in [2.45, 2.75) is 45.8 Å². The van der Waals surface area contributed by atoms with Gasteiger partial charge in [0.05, 0.1) is 25.4 Å². The number of fused-ring (bicyclic) bond motifs is 1. The molecular weight excluding hydrogens is 671 g/mol. The minimum Gasteiger partial charge on any atom is -0.496 e. The minimum atomic E-state index is -0.685. The van der Waals surface area contributed by atoms with Gasteiger partial charge in [-0.1, -0.05) is 11.3 Å². The number of carbonyl (C=O) groups excluding carboxylic acids is 4. The van der Waals surface area contributed by atoms with E-state index in [4.69, 9.17) is 9.47 Å². The van der Waals surface area contributed by atoms with Gasteiger partial charge in [-0.2, -0.15) is 0 Å². The maximum Gasteiger partial charge on any atom is 0.410 e. The van der Waals surface area contributed by atoms with Crippen molar-refractivity contribution in [2.24, 2.45) is 0 Å². The summed E-state index contributed by atoms with van der Waals surface area (Å²) in [6.07, 6.45) is 5.40. The number of methoxy groups -OCH3 is 1. The predicted molar refractivity (Wildman–Crippen MR) is 192 cm³/mol. The fourth-order valence-corrected chi connectivity index (χ4v) is 6.44. The van der Waals surface area contributed by atoms with Crippen molar-refractivity contribution < 1.29 is 33.0 Å². The van der Waals surface area contributed by atoms with Gasteiger partial charge in [0.2, 0.25) is 11.8 Å². The summed E-state index contributed by atoms with van der Waals surface area (Å²) in [4.78, 5) is 61.2. The maximum atomic E-state index is 16.6. The molecule has 0 saturated carbocycles. The number of carbonyl (C=O) groups is 4. The Hall–Kier alpha value is -5.73. The molecule has 0 bridgehead atoms. The first-order chi connectivity index (χ1) is 24.7. The van der Waals surface area contributed by atoms with E-state index in [-0.39, 0.29) is 61.5 Å². The highest BCUT2D eigenvalue weighted by Crippen LogP contribution is 2.41. The summed E-state index contributed by atoms with van der Waals surface area (Å²) in [7, 11) is 4.75. The SMILES string of the molecule is COc1cc(N2CCN(C(=O)OC(C)(C)C)CC2=O)ccc1-c1cc(C2=CCCN(C(=O)CCn3ccnn3)C2)c(F)c2[nH]c(C(=O)N(C)C)cc12. The first kappa shape index (κ1) is 36.1. The number of anilines is 1. The van der Waals surface area contributed by atoms with Crippen molar-refractivity contribution >= 4 is 46.0 Å². The van der Waals surface area contributed by atoms with Crippen molar-refractivity contribution in [2.75, 3.05) is 58.8 Å². The number of hydrogen-bond donors (Lipinski definition) is 1. The average molecular weight is 715 g/mol. The number of hydrogen-bond acceptors (Lipinski definition) is 8. The van der Waals surface area contributed by atoms with E-state index in [9.17, 15) is 19.2 Å². The van der Waals surface area contributed by atoms with Crippen LogP contribution in [0.4, 0.5) is 14.9 Å². The van der Waals surface area contributed by atoms with Crippen LogP contribution in [0.1, 0.15) is 49.7 Å². The second kappa shape index (κ2) is 14.5. The number of rotatable bonds is 8. The van der Waals surface area contributed by atoms with Gasteiger partial charge < -0.3 is 29.2 Å². The molecule has 2 aliphatic heterocycles. The predicted octanol–water partition coefficient (Wildman–Crippen LogP) is 4.57. The number of nitrogens with one attached hydrogen (secondary N) is 1. The van der Waals surface area contributed by atoms with Crippen molar-refractivity contribution in [1.82, 2.24) is 34.7 Å². The van der Waals surface area contributed by atoms with Gasteiger partial charge in [0.15, 0.2) is 5.82 Å². The van der Waals surface area contributed by atoms with Gasteiger partial charge in [0, 0.05) is 81.2 Å². The number of aryl methyl sites for hydroxylation is 1. The molecule has 0 aliphatic carbocycles. The molecule has 0 radical (unpaired) electrons. The number of benzene rings is 2. The van der Waals surface area contributed by atoms with Crippen LogP contribution in [0.5, 0.6) is 5.75 Å². The Morgan fingerprint density at radius 2 is 1.79 bits per heavy atom. The Kier molecular flexibility index (Phi) is 10.0. The number of aromatic nitrogens is 4. The summed E-state index contributed by atoms with van der Waals surface area (Å²) in [6, 6.07) is 8.67. The molecule has 1 N–H and O–H groups in total. The lowest BCUT2D eigenvalue weighted by Gasteiger charge is -2.35. The Labute approximate surface area is 300 Å². The summed E-state index contributed by atoms with van der Waals surface area (Å²) in [5.74, 6) is -0.803. The monoisotopic (exact) mass is 714 g/mol. The van der Waals surface area contributed by atoms with E-state index in [1.807, 2.05) is 6.08 Å². The standard InChI is InChI=1S/C37H43FN8O6/c1-37(2,3)52-36(50)44-16-17-46(32(48)22-44)24-9-10-25(30(18-24)51-6)27-19-26(33(38)34-28(27)20-29(40-34)35(49)42(4)5)23-8-7-13-43(21-23)31(47)11-14-45-15-12-39-41-45/h8-10,12,15,18-20,40H,7,11,13-14,16-17,21-22H2,1-6H3. The van der Waals surface area contributed by atoms with Crippen molar-refractivity contribution in [3.05, 3.63) is 65.9 Å². The first-order valence-electron chi connectivity index (χ1n) is 17.1. The summed E-state index contributed by atoms with van der Waals surface area (Å²) in [6.45, 7) is 6.80. The van der Waals surface area contributed by atoms with Crippen molar-refractivity contribution in [3.63, 3.8) is 0 Å². The summed E-state index contributed by atoms with van der Waals surface area (Å²) in [5, 5.41) is 8.18. The molecule has 15 heteroatoms. The second-order valence-corrected chi connectivity index (χ2v) is 14.0. The third-order valence-electron chi connectivity index (χ3n) is 9.02. The van der Waals surface area contributed by atoms with Crippen LogP contribution in [0.2, 0.25) is 0 Å². The molecule has 274 valence electrons. The van der Waals surface area contributed by atoms with Gasteiger partial charge in [-0.25, -0.2) is 9.18 Å². The number of piperazine rings is 1. The molecule has 52 heavy (non-hydrogen) atoms. The molecule has 4 aromatic rings. The van der Waals surface area contributed by atoms with Crippen molar-refractivity contribution in [3.8, 4) is 16.9 Å². The van der Waals surface area contributed by atoms with E-state index in [1.165, 1.54) is 16.9 Å². The molecule has 4 heterocycles. The quantitative estimate of drug-likeness (QED) is 0.280. The van der Waals surface area contributed by atoms with Crippen LogP contribution < -0.4 is 9.64 Å². The van der Waals surface area contributed by atoms with Gasteiger partial charge in [-0.3, -0.25) is 24.0 Å². The highest BCUT2D eigenvalue weighted by atomic mass is 19.1. The van der Waals surface area contributed by atoms with Gasteiger partial charge in [-0.05, 0) is 62.6 Å². The van der Waals surface area contributed by atoms with Crippen LogP contribution in [-0.4, -0.2) is 118 Å². The van der Waals surface area contributed by atoms with E-state index in [0.29, 0.717) is 58.6 Å². The van der Waals surface area contributed by atoms with Gasteiger partial charge in [0.25, 0.3) is 5.91 Å². The molecule has 2 aromatic carbocycles. The lowest BCUT2D eigenvalue weighted by Crippen LogP contribution is -2.53. The smallest absolute Gasteiger partial charge is 0.410 e. The molecule has 2 aliphatic rings. The highest BCUT2D eigenvalue weighted by molar-refractivity contribution is 6.06. The minimum absolute atomic E-state index is 0.0831. The van der Waals surface area contributed by atoms with E-state index in [1.54, 1.807) is 92.1 Å². The summed E-state index contributed by atoms with van der Waals surface area (Å²) in [5.41, 5.74) is 2.38. The maximum absolute atomic E-state index is 16.6. The van der Waals surface area contributed by atoms with Crippen LogP contribution in [0, 0.1) is 5.82 Å². The number of halogens is 1. The summed E-state index contributed by atoms with van der Waals surface area (Å²) >= 11 is 0. The third-order valence-corrected chi connectivity index (χ3v) is 9.02. The van der Waals surface area contributed by atoms with Crippen LogP contribution in [0.25, 0.3) is 27.6 Å². The molecule has 0 spiro atoms. The highest BCUT2D eigenvalue weighted by Gasteiger charge is 2.32. The molecule has 0 atom stereocenters. The second-order valence-electron chi connectivity index (χ2n) is 14.0. The Balaban J connectivity index is 1.34. The molecule has 0 unspecified atom stereocenters. The number of ether oxygens (including phenoxy) is 2. The van der Waals surface area contributed by atoms with Crippen LogP contribution in [0.3, 0.4) is 0 Å². The van der Waals surface area contributed by atoms with E-state index < -0.39 is 17.5 Å². The number of nitrogens with zero attached hydrogens (tertiary/aromatic N) is 7. The van der Waals surface area contributed by atoms with Crippen LogP contribution >= 0.6 is 0 Å². The van der Waals surface area contributed by atoms with Gasteiger partial charge >= 0.3 is 6.09 Å². The number of aromatic amines is 1. The zero-order valence-electron chi connectivity index (χ0n) is 30.2. The third kappa shape index (κ3) is 7.48.